The van der Waals surface area contributed by atoms with Gasteiger partial charge in [-0.2, -0.15) is 0 Å². The molecule has 0 amide bonds. The number of nitrogens with one attached hydrogen (secondary N) is 1. The molecule has 0 bridgehead atoms. The Bertz CT molecular complexity index is 213. The van der Waals surface area contributed by atoms with Gasteiger partial charge in [0.25, 0.3) is 0 Å². The number of aliphatic hydroxyl groups is 1. The third-order valence-corrected chi connectivity index (χ3v) is 4.60. The van der Waals surface area contributed by atoms with Crippen molar-refractivity contribution in [3.05, 3.63) is 0 Å². The molecule has 2 aliphatic rings. The Morgan fingerprint density at radius 1 is 1.40 bits per heavy atom. The molecule has 0 aromatic carbocycles. The van der Waals surface area contributed by atoms with Crippen LogP contribution in [0.15, 0.2) is 0 Å². The molecule has 0 radical (unpaired) electrons. The zero-order valence-electron chi connectivity index (χ0n) is 10.2. The van der Waals surface area contributed by atoms with Crippen molar-refractivity contribution in [3.63, 3.8) is 0 Å². The maximum absolute atomic E-state index is 9.31. The Labute approximate surface area is 93.5 Å². The van der Waals surface area contributed by atoms with Crippen LogP contribution in [-0.4, -0.2) is 24.8 Å². The molecule has 0 aliphatic heterocycles. The molecule has 15 heavy (non-hydrogen) atoms. The summed E-state index contributed by atoms with van der Waals surface area (Å²) in [7, 11) is 0. The second-order valence-electron chi connectivity index (χ2n) is 6.06. The maximum atomic E-state index is 9.31. The Hall–Kier alpha value is -0.0800. The van der Waals surface area contributed by atoms with E-state index in [1.807, 2.05) is 0 Å². The number of rotatable bonds is 7. The minimum absolute atomic E-state index is 0.0830. The fourth-order valence-electron chi connectivity index (χ4n) is 2.49. The van der Waals surface area contributed by atoms with Crippen molar-refractivity contribution in [2.24, 2.45) is 16.7 Å². The van der Waals surface area contributed by atoms with Gasteiger partial charge in [-0.1, -0.05) is 13.8 Å². The highest BCUT2D eigenvalue weighted by atomic mass is 16.3. The highest BCUT2D eigenvalue weighted by Gasteiger charge is 2.53. The fourth-order valence-corrected chi connectivity index (χ4v) is 2.49. The first kappa shape index (κ1) is 11.4. The topological polar surface area (TPSA) is 32.3 Å². The van der Waals surface area contributed by atoms with Gasteiger partial charge in [0.1, 0.15) is 0 Å². The van der Waals surface area contributed by atoms with Crippen LogP contribution in [0.3, 0.4) is 0 Å². The van der Waals surface area contributed by atoms with Crippen molar-refractivity contribution >= 4 is 0 Å². The zero-order chi connectivity index (χ0) is 10.9. The molecule has 2 fully saturated rings. The lowest BCUT2D eigenvalue weighted by Crippen LogP contribution is -2.37. The van der Waals surface area contributed by atoms with E-state index in [1.54, 1.807) is 0 Å². The normalized spacial score (nSPS) is 27.4. The summed E-state index contributed by atoms with van der Waals surface area (Å²) in [5.41, 5.74) is 0.768. The van der Waals surface area contributed by atoms with E-state index in [-0.39, 0.29) is 5.41 Å². The van der Waals surface area contributed by atoms with E-state index in [4.69, 9.17) is 0 Å². The van der Waals surface area contributed by atoms with Gasteiger partial charge >= 0.3 is 0 Å². The van der Waals surface area contributed by atoms with Crippen LogP contribution < -0.4 is 5.32 Å². The van der Waals surface area contributed by atoms with E-state index < -0.39 is 0 Å². The fraction of sp³-hybridized carbons (Fsp3) is 1.00. The molecule has 2 N–H and O–H groups in total. The Balaban J connectivity index is 1.70. The van der Waals surface area contributed by atoms with Crippen LogP contribution in [0.2, 0.25) is 0 Å². The van der Waals surface area contributed by atoms with Crippen LogP contribution in [0.4, 0.5) is 0 Å². The Morgan fingerprint density at radius 2 is 2.07 bits per heavy atom. The van der Waals surface area contributed by atoms with Gasteiger partial charge in [-0.05, 0) is 43.4 Å². The SMILES string of the molecule is CCC(C)(CO)CNCC1(C2CC2)CC1. The van der Waals surface area contributed by atoms with Crippen LogP contribution in [-0.2, 0) is 0 Å². The predicted octanol–water partition coefficient (Wildman–Crippen LogP) is 2.17. The van der Waals surface area contributed by atoms with Crippen molar-refractivity contribution < 1.29 is 5.11 Å². The Morgan fingerprint density at radius 3 is 2.47 bits per heavy atom. The van der Waals surface area contributed by atoms with Crippen molar-refractivity contribution in [3.8, 4) is 0 Å². The van der Waals surface area contributed by atoms with Crippen LogP contribution >= 0.6 is 0 Å². The smallest absolute Gasteiger partial charge is 0.0496 e. The first-order chi connectivity index (χ1) is 7.14. The van der Waals surface area contributed by atoms with Crippen LogP contribution in [0.1, 0.15) is 46.0 Å². The monoisotopic (exact) mass is 211 g/mol. The summed E-state index contributed by atoms with van der Waals surface area (Å²) in [6.45, 7) is 6.77. The summed E-state index contributed by atoms with van der Waals surface area (Å²) < 4.78 is 0. The molecule has 0 aromatic rings. The maximum Gasteiger partial charge on any atom is 0.0496 e. The first-order valence-corrected chi connectivity index (χ1v) is 6.46. The summed E-state index contributed by atoms with van der Waals surface area (Å²) in [5, 5.41) is 12.9. The quantitative estimate of drug-likeness (QED) is 0.676. The molecule has 0 saturated heterocycles. The molecule has 2 heteroatoms. The van der Waals surface area contributed by atoms with Crippen LogP contribution in [0.5, 0.6) is 0 Å². The van der Waals surface area contributed by atoms with E-state index in [0.717, 1.165) is 18.9 Å². The second kappa shape index (κ2) is 4.06. The average molecular weight is 211 g/mol. The molecule has 0 spiro atoms. The van der Waals surface area contributed by atoms with E-state index in [0.29, 0.717) is 12.0 Å². The molecular weight excluding hydrogens is 186 g/mol. The van der Waals surface area contributed by atoms with Crippen LogP contribution in [0, 0.1) is 16.7 Å². The molecule has 1 unspecified atom stereocenters. The highest BCUT2D eigenvalue weighted by molar-refractivity contribution is 5.05. The molecule has 0 aromatic heterocycles. The highest BCUT2D eigenvalue weighted by Crippen LogP contribution is 2.60. The minimum atomic E-state index is 0.0830. The van der Waals surface area contributed by atoms with Gasteiger partial charge in [-0.15, -0.1) is 0 Å². The van der Waals surface area contributed by atoms with E-state index >= 15 is 0 Å². The minimum Gasteiger partial charge on any atom is -0.396 e. The number of hydrogen-bond acceptors (Lipinski definition) is 2. The lowest BCUT2D eigenvalue weighted by Gasteiger charge is -2.27. The van der Waals surface area contributed by atoms with E-state index in [1.165, 1.54) is 32.2 Å². The van der Waals surface area contributed by atoms with Crippen molar-refractivity contribution in [2.75, 3.05) is 19.7 Å². The molecule has 2 rings (SSSR count). The van der Waals surface area contributed by atoms with E-state index in [9.17, 15) is 5.11 Å². The zero-order valence-corrected chi connectivity index (χ0v) is 10.2. The molecule has 88 valence electrons. The van der Waals surface area contributed by atoms with Gasteiger partial charge in [-0.25, -0.2) is 0 Å². The van der Waals surface area contributed by atoms with Crippen molar-refractivity contribution in [2.45, 2.75) is 46.0 Å². The van der Waals surface area contributed by atoms with Gasteiger partial charge in [0, 0.05) is 25.1 Å². The summed E-state index contributed by atoms with van der Waals surface area (Å²) >= 11 is 0. The summed E-state index contributed by atoms with van der Waals surface area (Å²) in [6, 6.07) is 0. The summed E-state index contributed by atoms with van der Waals surface area (Å²) in [6.07, 6.45) is 6.85. The summed E-state index contributed by atoms with van der Waals surface area (Å²) in [5.74, 6) is 1.03. The molecule has 0 heterocycles. The van der Waals surface area contributed by atoms with E-state index in [2.05, 4.69) is 19.2 Å². The third-order valence-electron chi connectivity index (χ3n) is 4.60. The molecule has 2 aliphatic carbocycles. The van der Waals surface area contributed by atoms with Crippen molar-refractivity contribution in [1.82, 2.24) is 5.32 Å². The summed E-state index contributed by atoms with van der Waals surface area (Å²) in [4.78, 5) is 0. The molecule has 1 atom stereocenters. The van der Waals surface area contributed by atoms with Gasteiger partial charge in [0.15, 0.2) is 0 Å². The number of aliphatic hydroxyl groups excluding tert-OH is 1. The van der Waals surface area contributed by atoms with Gasteiger partial charge in [-0.3, -0.25) is 0 Å². The molecule has 2 nitrogen and oxygen atoms in total. The largest absolute Gasteiger partial charge is 0.396 e. The lowest BCUT2D eigenvalue weighted by atomic mass is 9.88. The predicted molar refractivity (Wildman–Crippen MR) is 62.7 cm³/mol. The molecular formula is C13H25NO. The Kier molecular flexibility index (Phi) is 3.09. The van der Waals surface area contributed by atoms with Gasteiger partial charge in [0.2, 0.25) is 0 Å². The molecule has 2 saturated carbocycles. The average Bonchev–Trinajstić information content (AvgIpc) is 3.08. The van der Waals surface area contributed by atoms with Gasteiger partial charge < -0.3 is 10.4 Å². The van der Waals surface area contributed by atoms with Crippen LogP contribution in [0.25, 0.3) is 0 Å². The number of hydrogen-bond donors (Lipinski definition) is 2. The third kappa shape index (κ3) is 2.54. The van der Waals surface area contributed by atoms with Crippen molar-refractivity contribution in [1.29, 1.82) is 0 Å². The van der Waals surface area contributed by atoms with Gasteiger partial charge in [0.05, 0.1) is 0 Å². The first-order valence-electron chi connectivity index (χ1n) is 6.46. The standard InChI is InChI=1S/C13H25NO/c1-3-12(2,10-15)8-14-9-13(6-7-13)11-4-5-11/h11,14-15H,3-10H2,1-2H3. The second-order valence-corrected chi connectivity index (χ2v) is 6.06. The lowest BCUT2D eigenvalue weighted by molar-refractivity contribution is 0.133.